The number of nitrogens with zero attached hydrogens (tertiary/aromatic N) is 4. The number of rotatable bonds is 2. The summed E-state index contributed by atoms with van der Waals surface area (Å²) in [6.45, 7) is 2.11. The van der Waals surface area contributed by atoms with Crippen molar-refractivity contribution in [3.8, 4) is 11.1 Å². The van der Waals surface area contributed by atoms with E-state index in [1.54, 1.807) is 6.20 Å². The topological polar surface area (TPSA) is 72.3 Å². The number of amides is 1. The van der Waals surface area contributed by atoms with Crippen LogP contribution in [0, 0.1) is 0 Å². The standard InChI is InChI=1S/C20H20ClN5O2/c1-25-17-3-2-13(8-14(17)9-24-25)15-10-22-11-16(21)18(15)26-6-4-20(5-7-26)12-23-19(27)28-20/h2-3,8-11H,4-7,12H2,1H3,(H,23,27). The van der Waals surface area contributed by atoms with E-state index in [1.807, 2.05) is 24.1 Å². The van der Waals surface area contributed by atoms with Crippen molar-refractivity contribution in [1.82, 2.24) is 20.1 Å². The van der Waals surface area contributed by atoms with Gasteiger partial charge in [-0.15, -0.1) is 0 Å². The Hall–Kier alpha value is -2.80. The molecule has 0 aliphatic carbocycles. The number of fused-ring (bicyclic) bond motifs is 1. The highest BCUT2D eigenvalue weighted by atomic mass is 35.5. The molecular weight excluding hydrogens is 378 g/mol. The second-order valence-corrected chi connectivity index (χ2v) is 7.88. The molecule has 2 aromatic heterocycles. The van der Waals surface area contributed by atoms with Gasteiger partial charge in [0.15, 0.2) is 0 Å². The number of aryl methyl sites for hydroxylation is 1. The van der Waals surface area contributed by atoms with Gasteiger partial charge in [-0.05, 0) is 17.7 Å². The van der Waals surface area contributed by atoms with Crippen molar-refractivity contribution in [2.45, 2.75) is 18.4 Å². The largest absolute Gasteiger partial charge is 0.441 e. The molecule has 0 bridgehead atoms. The van der Waals surface area contributed by atoms with E-state index < -0.39 is 0 Å². The van der Waals surface area contributed by atoms with E-state index in [1.165, 1.54) is 0 Å². The molecule has 7 nitrogen and oxygen atoms in total. The summed E-state index contributed by atoms with van der Waals surface area (Å²) in [5.41, 5.74) is 3.72. The van der Waals surface area contributed by atoms with Crippen molar-refractivity contribution in [3.63, 3.8) is 0 Å². The molecular formula is C20H20ClN5O2. The molecule has 2 saturated heterocycles. The molecule has 1 N–H and O–H groups in total. The van der Waals surface area contributed by atoms with Crippen molar-refractivity contribution in [3.05, 3.63) is 41.8 Å². The molecule has 1 amide bonds. The van der Waals surface area contributed by atoms with Crippen LogP contribution in [-0.4, -0.2) is 46.1 Å². The Labute approximate surface area is 167 Å². The Kier molecular flexibility index (Phi) is 3.94. The van der Waals surface area contributed by atoms with Gasteiger partial charge in [-0.25, -0.2) is 4.79 Å². The van der Waals surface area contributed by atoms with E-state index in [9.17, 15) is 4.79 Å². The van der Waals surface area contributed by atoms with Gasteiger partial charge >= 0.3 is 6.09 Å². The second-order valence-electron chi connectivity index (χ2n) is 7.47. The number of benzene rings is 1. The van der Waals surface area contributed by atoms with Crippen LogP contribution in [0.3, 0.4) is 0 Å². The average Bonchev–Trinajstić information content (AvgIpc) is 3.25. The molecule has 28 heavy (non-hydrogen) atoms. The normalized spacial score (nSPS) is 18.5. The quantitative estimate of drug-likeness (QED) is 0.717. The number of carbonyl (C=O) groups is 1. The summed E-state index contributed by atoms with van der Waals surface area (Å²) in [4.78, 5) is 18.1. The predicted octanol–water partition coefficient (Wildman–Crippen LogP) is 3.37. The van der Waals surface area contributed by atoms with Crippen LogP contribution >= 0.6 is 11.6 Å². The Bertz CT molecular complexity index is 1070. The lowest BCUT2D eigenvalue weighted by atomic mass is 9.91. The molecule has 2 aliphatic rings. The van der Waals surface area contributed by atoms with Gasteiger partial charge in [-0.1, -0.05) is 17.7 Å². The molecule has 4 heterocycles. The zero-order valence-corrected chi connectivity index (χ0v) is 16.2. The summed E-state index contributed by atoms with van der Waals surface area (Å²) in [7, 11) is 1.93. The third-order valence-electron chi connectivity index (χ3n) is 5.79. The lowest BCUT2D eigenvalue weighted by Crippen LogP contribution is -2.46. The van der Waals surface area contributed by atoms with E-state index >= 15 is 0 Å². The van der Waals surface area contributed by atoms with Crippen molar-refractivity contribution >= 4 is 34.3 Å². The van der Waals surface area contributed by atoms with Crippen molar-refractivity contribution in [2.75, 3.05) is 24.5 Å². The minimum absolute atomic E-state index is 0.319. The fraction of sp³-hybridized carbons (Fsp3) is 0.350. The van der Waals surface area contributed by atoms with Gasteiger partial charge in [0.2, 0.25) is 0 Å². The van der Waals surface area contributed by atoms with E-state index in [2.05, 4.69) is 38.5 Å². The molecule has 2 aliphatic heterocycles. The van der Waals surface area contributed by atoms with Crippen molar-refractivity contribution in [1.29, 1.82) is 0 Å². The molecule has 0 atom stereocenters. The van der Waals surface area contributed by atoms with Crippen LogP contribution in [0.25, 0.3) is 22.0 Å². The Balaban J connectivity index is 1.49. The number of nitrogens with one attached hydrogen (secondary N) is 1. The molecule has 0 saturated carbocycles. The lowest BCUT2D eigenvalue weighted by Gasteiger charge is -2.39. The average molecular weight is 398 g/mol. The Morgan fingerprint density at radius 3 is 2.79 bits per heavy atom. The number of ether oxygens (including phenoxy) is 1. The van der Waals surface area contributed by atoms with E-state index in [0.29, 0.717) is 11.6 Å². The van der Waals surface area contributed by atoms with Gasteiger partial charge in [0, 0.05) is 56.3 Å². The first kappa shape index (κ1) is 17.3. The highest BCUT2D eigenvalue weighted by Crippen LogP contribution is 2.40. The van der Waals surface area contributed by atoms with Crippen LogP contribution in [0.5, 0.6) is 0 Å². The van der Waals surface area contributed by atoms with Gasteiger partial charge in [-0.3, -0.25) is 9.67 Å². The smallest absolute Gasteiger partial charge is 0.407 e. The van der Waals surface area contributed by atoms with Crippen LogP contribution in [0.1, 0.15) is 12.8 Å². The van der Waals surface area contributed by atoms with E-state index in [4.69, 9.17) is 16.3 Å². The molecule has 0 radical (unpaired) electrons. The summed E-state index contributed by atoms with van der Waals surface area (Å²) >= 11 is 6.59. The van der Waals surface area contributed by atoms with Crippen LogP contribution in [0.4, 0.5) is 10.5 Å². The third kappa shape index (κ3) is 2.77. The Morgan fingerprint density at radius 2 is 2.04 bits per heavy atom. The number of hydrogen-bond acceptors (Lipinski definition) is 5. The van der Waals surface area contributed by atoms with E-state index in [0.717, 1.165) is 53.6 Å². The number of carbonyl (C=O) groups excluding carboxylic acids is 1. The van der Waals surface area contributed by atoms with Gasteiger partial charge in [0.25, 0.3) is 0 Å². The van der Waals surface area contributed by atoms with Gasteiger partial charge in [-0.2, -0.15) is 5.10 Å². The number of halogens is 1. The second kappa shape index (κ2) is 6.38. The number of aromatic nitrogens is 3. The first-order valence-corrected chi connectivity index (χ1v) is 9.70. The highest BCUT2D eigenvalue weighted by molar-refractivity contribution is 6.33. The minimum atomic E-state index is -0.387. The molecule has 1 spiro atoms. The molecule has 2 fully saturated rings. The summed E-state index contributed by atoms with van der Waals surface area (Å²) in [5, 5.41) is 8.81. The van der Waals surface area contributed by atoms with Crippen LogP contribution in [-0.2, 0) is 11.8 Å². The number of anilines is 1. The van der Waals surface area contributed by atoms with Gasteiger partial charge < -0.3 is 15.0 Å². The fourth-order valence-electron chi connectivity index (χ4n) is 4.21. The van der Waals surface area contributed by atoms with Gasteiger partial charge in [0.1, 0.15) is 5.60 Å². The summed E-state index contributed by atoms with van der Waals surface area (Å²) < 4.78 is 7.40. The molecule has 8 heteroatoms. The maximum absolute atomic E-state index is 11.5. The predicted molar refractivity (Wildman–Crippen MR) is 108 cm³/mol. The first-order chi connectivity index (χ1) is 13.5. The van der Waals surface area contributed by atoms with Crippen LogP contribution in [0.15, 0.2) is 36.8 Å². The van der Waals surface area contributed by atoms with Crippen molar-refractivity contribution in [2.24, 2.45) is 7.05 Å². The summed E-state index contributed by atoms with van der Waals surface area (Å²) in [5.74, 6) is 0. The maximum Gasteiger partial charge on any atom is 0.407 e. The monoisotopic (exact) mass is 397 g/mol. The zero-order chi connectivity index (χ0) is 19.3. The number of alkyl carbamates (subject to hydrolysis) is 1. The van der Waals surface area contributed by atoms with Crippen molar-refractivity contribution < 1.29 is 9.53 Å². The van der Waals surface area contributed by atoms with Crippen LogP contribution < -0.4 is 10.2 Å². The lowest BCUT2D eigenvalue weighted by molar-refractivity contribution is 0.0367. The van der Waals surface area contributed by atoms with E-state index in [-0.39, 0.29) is 11.7 Å². The van der Waals surface area contributed by atoms with Crippen LogP contribution in [0.2, 0.25) is 5.02 Å². The number of hydrogen-bond donors (Lipinski definition) is 1. The summed E-state index contributed by atoms with van der Waals surface area (Å²) in [6, 6.07) is 6.26. The molecule has 1 aromatic carbocycles. The number of pyridine rings is 1. The zero-order valence-electron chi connectivity index (χ0n) is 15.5. The molecule has 0 unspecified atom stereocenters. The van der Waals surface area contributed by atoms with Gasteiger partial charge in [0.05, 0.1) is 29.0 Å². The highest BCUT2D eigenvalue weighted by Gasteiger charge is 2.43. The summed E-state index contributed by atoms with van der Waals surface area (Å²) in [6.07, 6.45) is 6.63. The minimum Gasteiger partial charge on any atom is -0.441 e. The Morgan fingerprint density at radius 1 is 1.21 bits per heavy atom. The molecule has 3 aromatic rings. The fourth-order valence-corrected chi connectivity index (χ4v) is 4.49. The third-order valence-corrected chi connectivity index (χ3v) is 6.06. The molecule has 144 valence electrons. The first-order valence-electron chi connectivity index (χ1n) is 9.32. The maximum atomic E-state index is 11.5. The molecule has 5 rings (SSSR count). The SMILES string of the molecule is Cn1ncc2cc(-c3cncc(Cl)c3N3CCC4(CC3)CNC(=O)O4)ccc21. The number of piperidine rings is 1.